The molecule has 1 aromatic carbocycles. The predicted molar refractivity (Wildman–Crippen MR) is 71.8 cm³/mol. The first-order valence-corrected chi connectivity index (χ1v) is 6.12. The number of aromatic nitrogens is 2. The minimum atomic E-state index is -0.315. The first-order valence-electron chi connectivity index (χ1n) is 5.04. The molecule has 4 nitrogen and oxygen atoms in total. The van der Waals surface area contributed by atoms with E-state index in [0.29, 0.717) is 12.1 Å². The van der Waals surface area contributed by atoms with Crippen LogP contribution in [-0.4, -0.2) is 22.9 Å². The van der Waals surface area contributed by atoms with E-state index in [9.17, 15) is 4.79 Å². The van der Waals surface area contributed by atoms with Crippen LogP contribution in [0.4, 0.5) is 0 Å². The largest absolute Gasteiger partial charge is 0.465 e. The molecule has 5 heteroatoms. The molecular weight excluding hydrogens is 331 g/mol. The number of methoxy groups -OCH3 is 1. The number of hydrogen-bond donors (Lipinski definition) is 0. The number of rotatable bonds is 3. The van der Waals surface area contributed by atoms with Gasteiger partial charge in [0.2, 0.25) is 0 Å². The van der Waals surface area contributed by atoms with Crippen molar-refractivity contribution in [2.24, 2.45) is 0 Å². The van der Waals surface area contributed by atoms with E-state index < -0.39 is 0 Å². The summed E-state index contributed by atoms with van der Waals surface area (Å²) in [6, 6.07) is 7.33. The fourth-order valence-electron chi connectivity index (χ4n) is 1.48. The number of hydrogen-bond acceptors (Lipinski definition) is 3. The number of esters is 1. The summed E-state index contributed by atoms with van der Waals surface area (Å²) in [6.07, 6.45) is 3.78. The van der Waals surface area contributed by atoms with Crippen LogP contribution in [0.15, 0.2) is 36.7 Å². The molecule has 0 saturated carbocycles. The molecule has 0 spiro atoms. The number of carbonyl (C=O) groups excluding carboxylic acids is 1. The third-order valence-electron chi connectivity index (χ3n) is 2.32. The van der Waals surface area contributed by atoms with Crippen LogP contribution in [0.25, 0.3) is 0 Å². The Morgan fingerprint density at radius 3 is 2.65 bits per heavy atom. The first kappa shape index (κ1) is 12.1. The third kappa shape index (κ3) is 3.06. The Hall–Kier alpha value is -1.37. The van der Waals surface area contributed by atoms with Crippen LogP contribution in [0.3, 0.4) is 0 Å². The summed E-state index contributed by atoms with van der Waals surface area (Å²) < 4.78 is 7.60. The smallest absolute Gasteiger partial charge is 0.337 e. The van der Waals surface area contributed by atoms with Crippen LogP contribution in [-0.2, 0) is 11.3 Å². The zero-order valence-corrected chi connectivity index (χ0v) is 11.4. The Morgan fingerprint density at radius 2 is 2.12 bits per heavy atom. The Bertz CT molecular complexity index is 520. The lowest BCUT2D eigenvalue weighted by atomic mass is 10.1. The van der Waals surface area contributed by atoms with Gasteiger partial charge in [-0.05, 0) is 40.3 Å². The van der Waals surface area contributed by atoms with Gasteiger partial charge in [-0.15, -0.1) is 0 Å². The summed E-state index contributed by atoms with van der Waals surface area (Å²) in [5.74, 6) is -0.315. The molecule has 0 atom stereocenters. The minimum Gasteiger partial charge on any atom is -0.465 e. The highest BCUT2D eigenvalue weighted by Crippen LogP contribution is 2.08. The number of ether oxygens (including phenoxy) is 1. The van der Waals surface area contributed by atoms with Crippen molar-refractivity contribution in [2.45, 2.75) is 6.54 Å². The summed E-state index contributed by atoms with van der Waals surface area (Å²) in [5.41, 5.74) is 1.66. The van der Waals surface area contributed by atoms with E-state index in [2.05, 4.69) is 32.4 Å². The van der Waals surface area contributed by atoms with Crippen molar-refractivity contribution in [1.29, 1.82) is 0 Å². The fourth-order valence-corrected chi connectivity index (χ4v) is 1.92. The van der Waals surface area contributed by atoms with Crippen molar-refractivity contribution in [3.8, 4) is 0 Å². The van der Waals surface area contributed by atoms with Gasteiger partial charge in [-0.2, -0.15) is 5.10 Å². The Labute approximate surface area is 113 Å². The highest BCUT2D eigenvalue weighted by Gasteiger charge is 2.04. The second-order valence-electron chi connectivity index (χ2n) is 3.54. The van der Waals surface area contributed by atoms with Crippen LogP contribution in [0.2, 0.25) is 0 Å². The molecule has 0 saturated heterocycles. The van der Waals surface area contributed by atoms with Crippen LogP contribution in [0.1, 0.15) is 15.9 Å². The molecule has 1 heterocycles. The predicted octanol–water partition coefficient (Wildman–Crippen LogP) is 2.32. The van der Waals surface area contributed by atoms with E-state index in [0.717, 1.165) is 9.13 Å². The molecule has 2 rings (SSSR count). The average molecular weight is 342 g/mol. The lowest BCUT2D eigenvalue weighted by Crippen LogP contribution is -2.03. The van der Waals surface area contributed by atoms with Gasteiger partial charge in [0.25, 0.3) is 0 Å². The third-order valence-corrected chi connectivity index (χ3v) is 2.88. The van der Waals surface area contributed by atoms with Gasteiger partial charge in [0.1, 0.15) is 0 Å². The summed E-state index contributed by atoms with van der Waals surface area (Å²) in [4.78, 5) is 11.2. The number of benzene rings is 1. The number of carbonyl (C=O) groups is 1. The maximum absolute atomic E-state index is 11.2. The summed E-state index contributed by atoms with van der Waals surface area (Å²) in [7, 11) is 1.38. The van der Waals surface area contributed by atoms with E-state index in [1.807, 2.05) is 29.2 Å². The maximum atomic E-state index is 11.2. The van der Waals surface area contributed by atoms with Crippen LogP contribution < -0.4 is 0 Å². The van der Waals surface area contributed by atoms with Crippen molar-refractivity contribution in [2.75, 3.05) is 7.11 Å². The minimum absolute atomic E-state index is 0.315. The second kappa shape index (κ2) is 5.31. The van der Waals surface area contributed by atoms with Gasteiger partial charge in [0, 0.05) is 6.20 Å². The highest BCUT2D eigenvalue weighted by molar-refractivity contribution is 14.1. The molecule has 0 aliphatic carbocycles. The quantitative estimate of drug-likeness (QED) is 0.635. The topological polar surface area (TPSA) is 44.1 Å². The maximum Gasteiger partial charge on any atom is 0.337 e. The van der Waals surface area contributed by atoms with Crippen LogP contribution in [0.5, 0.6) is 0 Å². The monoisotopic (exact) mass is 342 g/mol. The number of halogens is 1. The van der Waals surface area contributed by atoms with E-state index >= 15 is 0 Å². The van der Waals surface area contributed by atoms with Gasteiger partial charge < -0.3 is 4.74 Å². The van der Waals surface area contributed by atoms with E-state index in [-0.39, 0.29) is 5.97 Å². The summed E-state index contributed by atoms with van der Waals surface area (Å²) in [6.45, 7) is 0.699. The molecule has 0 aliphatic rings. The van der Waals surface area contributed by atoms with E-state index in [1.165, 1.54) is 7.11 Å². The van der Waals surface area contributed by atoms with Gasteiger partial charge in [0.05, 0.1) is 29.0 Å². The van der Waals surface area contributed by atoms with Crippen LogP contribution in [0, 0.1) is 3.57 Å². The summed E-state index contributed by atoms with van der Waals surface area (Å²) in [5, 5.41) is 4.20. The zero-order chi connectivity index (χ0) is 12.3. The fraction of sp³-hybridized carbons (Fsp3) is 0.167. The molecule has 17 heavy (non-hydrogen) atoms. The molecule has 0 N–H and O–H groups in total. The SMILES string of the molecule is COC(=O)c1ccc(Cn2cc(I)cn2)cc1. The Balaban J connectivity index is 2.10. The molecule has 0 unspecified atom stereocenters. The standard InChI is InChI=1S/C12H11IN2O2/c1-17-12(16)10-4-2-9(3-5-10)7-15-8-11(13)6-14-15/h2-6,8H,7H2,1H3. The molecule has 0 aliphatic heterocycles. The van der Waals surface area contributed by atoms with Crippen molar-refractivity contribution < 1.29 is 9.53 Å². The van der Waals surface area contributed by atoms with Gasteiger partial charge in [-0.1, -0.05) is 12.1 Å². The molecule has 0 amide bonds. The van der Waals surface area contributed by atoms with Gasteiger partial charge in [0.15, 0.2) is 0 Å². The van der Waals surface area contributed by atoms with Gasteiger partial charge in [-0.25, -0.2) is 4.79 Å². The van der Waals surface area contributed by atoms with E-state index in [4.69, 9.17) is 0 Å². The van der Waals surface area contributed by atoms with Gasteiger partial charge >= 0.3 is 5.97 Å². The normalized spacial score (nSPS) is 10.2. The van der Waals surface area contributed by atoms with Crippen molar-refractivity contribution in [1.82, 2.24) is 9.78 Å². The number of nitrogens with zero attached hydrogens (tertiary/aromatic N) is 2. The molecule has 2 aromatic rings. The van der Waals surface area contributed by atoms with Crippen molar-refractivity contribution in [3.05, 3.63) is 51.4 Å². The molecule has 0 fully saturated rings. The molecule has 88 valence electrons. The van der Waals surface area contributed by atoms with Crippen molar-refractivity contribution >= 4 is 28.6 Å². The molecule has 1 aromatic heterocycles. The lowest BCUT2D eigenvalue weighted by molar-refractivity contribution is 0.0600. The molecule has 0 radical (unpaired) electrons. The summed E-state index contributed by atoms with van der Waals surface area (Å²) >= 11 is 2.22. The van der Waals surface area contributed by atoms with E-state index in [1.54, 1.807) is 12.1 Å². The van der Waals surface area contributed by atoms with Gasteiger partial charge in [-0.3, -0.25) is 4.68 Å². The lowest BCUT2D eigenvalue weighted by Gasteiger charge is -2.03. The second-order valence-corrected chi connectivity index (χ2v) is 4.79. The zero-order valence-electron chi connectivity index (χ0n) is 9.26. The van der Waals surface area contributed by atoms with Crippen molar-refractivity contribution in [3.63, 3.8) is 0 Å². The molecular formula is C12H11IN2O2. The first-order chi connectivity index (χ1) is 8.19. The van der Waals surface area contributed by atoms with Crippen LogP contribution >= 0.6 is 22.6 Å². The Kier molecular flexibility index (Phi) is 3.78. The Morgan fingerprint density at radius 1 is 1.41 bits per heavy atom. The average Bonchev–Trinajstić information content (AvgIpc) is 2.75. The molecule has 0 bridgehead atoms. The highest BCUT2D eigenvalue weighted by atomic mass is 127.